The molecule has 0 spiro atoms. The molecule has 0 aliphatic carbocycles. The number of nitrogen functional groups attached to an aromatic ring is 1. The molecule has 0 saturated heterocycles. The lowest BCUT2D eigenvalue weighted by molar-refractivity contribution is -0.142. The van der Waals surface area contributed by atoms with Crippen molar-refractivity contribution in [2.75, 3.05) is 12.3 Å². The normalized spacial score (nSPS) is 13.5. The number of phenols is 1. The highest BCUT2D eigenvalue weighted by Gasteiger charge is 2.28. The molecule has 1 aromatic carbocycles. The van der Waals surface area contributed by atoms with Gasteiger partial charge in [0.1, 0.15) is 17.8 Å². The summed E-state index contributed by atoms with van der Waals surface area (Å²) in [5, 5.41) is 24.3. The molecule has 0 unspecified atom stereocenters. The minimum Gasteiger partial charge on any atom is -0.508 e. The van der Waals surface area contributed by atoms with E-state index in [0.717, 1.165) is 0 Å². The van der Waals surface area contributed by atoms with Gasteiger partial charge < -0.3 is 43.8 Å². The van der Waals surface area contributed by atoms with Gasteiger partial charge in [0.2, 0.25) is 11.8 Å². The summed E-state index contributed by atoms with van der Waals surface area (Å²) in [6, 6.07) is 0.982. The minimum atomic E-state index is -1.25. The summed E-state index contributed by atoms with van der Waals surface area (Å²) < 4.78 is 0. The van der Waals surface area contributed by atoms with Crippen LogP contribution in [-0.4, -0.2) is 58.6 Å². The summed E-state index contributed by atoms with van der Waals surface area (Å²) in [4.78, 5) is 40.1. The molecule has 12 nitrogen and oxygen atoms in total. The van der Waals surface area contributed by atoms with E-state index in [0.29, 0.717) is 17.7 Å². The number of nitrogens with two attached hydrogens (primary N) is 4. The van der Waals surface area contributed by atoms with Gasteiger partial charge in [0.15, 0.2) is 5.96 Å². The number of hydrogen-bond donors (Lipinski definition) is 8. The molecule has 0 aliphatic rings. The smallest absolute Gasteiger partial charge is 0.326 e. The van der Waals surface area contributed by atoms with Crippen molar-refractivity contribution in [3.63, 3.8) is 0 Å². The number of aromatic hydroxyl groups is 1. The van der Waals surface area contributed by atoms with Crippen LogP contribution in [0.3, 0.4) is 0 Å². The van der Waals surface area contributed by atoms with Crippen LogP contribution in [0.1, 0.15) is 25.3 Å². The van der Waals surface area contributed by atoms with Gasteiger partial charge in [0.05, 0.1) is 6.04 Å². The first kappa shape index (κ1) is 24.5. The lowest BCUT2D eigenvalue weighted by atomic mass is 10.0. The van der Waals surface area contributed by atoms with E-state index < -0.39 is 35.9 Å². The van der Waals surface area contributed by atoms with Gasteiger partial charge in [-0.3, -0.25) is 14.6 Å². The average molecular weight is 423 g/mol. The molecule has 0 fully saturated rings. The summed E-state index contributed by atoms with van der Waals surface area (Å²) in [7, 11) is 0. The van der Waals surface area contributed by atoms with Gasteiger partial charge in [-0.1, -0.05) is 0 Å². The predicted molar refractivity (Wildman–Crippen MR) is 111 cm³/mol. The van der Waals surface area contributed by atoms with E-state index in [9.17, 15) is 24.6 Å². The van der Waals surface area contributed by atoms with Crippen molar-refractivity contribution < 1.29 is 24.6 Å². The summed E-state index contributed by atoms with van der Waals surface area (Å²) in [6.07, 6.45) is 0.249. The number of carboxylic acid groups (broad SMARTS) is 1. The molecular weight excluding hydrogens is 394 g/mol. The molecule has 0 aromatic heterocycles. The largest absolute Gasteiger partial charge is 0.508 e. The zero-order valence-corrected chi connectivity index (χ0v) is 16.7. The standard InChI is InChI=1S/C18H29N7O5/c1-9(19)15(27)25-13(8-10-7-11(20)4-5-14(10)26)16(28)24-12(17(29)30)3-2-6-23-18(21)22/h4-5,7,9,12-13,26H,2-3,6,8,19-20H2,1H3,(H,24,28)(H,25,27)(H,29,30)(H4,21,22,23)/t9-,12-,13-/m0/s1. The number of carboxylic acids is 1. The van der Waals surface area contributed by atoms with E-state index >= 15 is 0 Å². The third-order valence-corrected chi connectivity index (χ3v) is 4.13. The predicted octanol–water partition coefficient (Wildman–Crippen LogP) is -2.03. The van der Waals surface area contributed by atoms with Crippen LogP contribution in [0.4, 0.5) is 5.69 Å². The molecule has 1 rings (SSSR count). The van der Waals surface area contributed by atoms with E-state index in [2.05, 4.69) is 15.6 Å². The number of amides is 2. The first-order valence-corrected chi connectivity index (χ1v) is 9.23. The Hall–Kier alpha value is -3.54. The zero-order valence-electron chi connectivity index (χ0n) is 16.7. The van der Waals surface area contributed by atoms with Crippen LogP contribution < -0.4 is 33.6 Å². The van der Waals surface area contributed by atoms with Crippen LogP contribution >= 0.6 is 0 Å². The second-order valence-corrected chi connectivity index (χ2v) is 6.79. The molecule has 2 amide bonds. The lowest BCUT2D eigenvalue weighted by Gasteiger charge is -2.22. The highest BCUT2D eigenvalue weighted by molar-refractivity contribution is 5.91. The van der Waals surface area contributed by atoms with Crippen LogP contribution in [0.2, 0.25) is 0 Å². The topological polar surface area (TPSA) is 232 Å². The van der Waals surface area contributed by atoms with Crippen molar-refractivity contribution in [2.24, 2.45) is 22.2 Å². The Morgan fingerprint density at radius 2 is 1.77 bits per heavy atom. The number of hydrogen-bond acceptors (Lipinski definition) is 7. The minimum absolute atomic E-state index is 0.0648. The maximum absolute atomic E-state index is 12.7. The number of nitrogens with one attached hydrogen (secondary N) is 2. The Bertz CT molecular complexity index is 793. The molecule has 0 radical (unpaired) electrons. The number of nitrogens with zero attached hydrogens (tertiary/aromatic N) is 1. The van der Waals surface area contributed by atoms with Crippen LogP contribution in [0.25, 0.3) is 0 Å². The Morgan fingerprint density at radius 3 is 2.33 bits per heavy atom. The monoisotopic (exact) mass is 423 g/mol. The Kier molecular flexibility index (Phi) is 9.36. The molecule has 0 aliphatic heterocycles. The van der Waals surface area contributed by atoms with Crippen LogP contribution in [-0.2, 0) is 20.8 Å². The maximum atomic E-state index is 12.7. The van der Waals surface area contributed by atoms with Crippen LogP contribution in [0.5, 0.6) is 5.75 Å². The Balaban J connectivity index is 2.96. The maximum Gasteiger partial charge on any atom is 0.326 e. The van der Waals surface area contributed by atoms with Gasteiger partial charge in [-0.15, -0.1) is 0 Å². The number of carbonyl (C=O) groups excluding carboxylic acids is 2. The number of carbonyl (C=O) groups is 3. The fraction of sp³-hybridized carbons (Fsp3) is 0.444. The molecule has 0 bridgehead atoms. The molecular formula is C18H29N7O5. The quantitative estimate of drug-likeness (QED) is 0.0643. The van der Waals surface area contributed by atoms with E-state index in [4.69, 9.17) is 22.9 Å². The Morgan fingerprint density at radius 1 is 1.13 bits per heavy atom. The van der Waals surface area contributed by atoms with E-state index in [1.807, 2.05) is 0 Å². The summed E-state index contributed by atoms with van der Waals surface area (Å²) in [6.45, 7) is 1.63. The molecule has 0 heterocycles. The van der Waals surface area contributed by atoms with Crippen LogP contribution in [0, 0.1) is 0 Å². The van der Waals surface area contributed by atoms with Gasteiger partial charge in [-0.25, -0.2) is 4.79 Å². The van der Waals surface area contributed by atoms with E-state index in [1.54, 1.807) is 0 Å². The third kappa shape index (κ3) is 8.22. The zero-order chi connectivity index (χ0) is 22.8. The summed E-state index contributed by atoms with van der Waals surface area (Å²) in [5.41, 5.74) is 22.4. The first-order chi connectivity index (χ1) is 14.0. The highest BCUT2D eigenvalue weighted by atomic mass is 16.4. The molecule has 3 atom stereocenters. The van der Waals surface area contributed by atoms with Crippen molar-refractivity contribution in [3.8, 4) is 5.75 Å². The first-order valence-electron chi connectivity index (χ1n) is 9.23. The number of anilines is 1. The fourth-order valence-electron chi connectivity index (χ4n) is 2.53. The second kappa shape index (κ2) is 11.5. The number of rotatable bonds is 11. The molecule has 12 N–H and O–H groups in total. The van der Waals surface area contributed by atoms with E-state index in [-0.39, 0.29) is 31.1 Å². The number of aliphatic carboxylic acids is 1. The molecule has 166 valence electrons. The third-order valence-electron chi connectivity index (χ3n) is 4.13. The van der Waals surface area contributed by atoms with Crippen molar-refractivity contribution >= 4 is 29.4 Å². The second-order valence-electron chi connectivity index (χ2n) is 6.79. The molecule has 1 aromatic rings. The fourth-order valence-corrected chi connectivity index (χ4v) is 2.53. The van der Waals surface area contributed by atoms with Gasteiger partial charge in [-0.05, 0) is 43.5 Å². The average Bonchev–Trinajstić information content (AvgIpc) is 2.65. The number of benzene rings is 1. The Labute approximate surface area is 173 Å². The molecule has 30 heavy (non-hydrogen) atoms. The van der Waals surface area contributed by atoms with Crippen LogP contribution in [0.15, 0.2) is 23.2 Å². The van der Waals surface area contributed by atoms with Gasteiger partial charge >= 0.3 is 5.97 Å². The van der Waals surface area contributed by atoms with Crippen molar-refractivity contribution in [3.05, 3.63) is 23.8 Å². The van der Waals surface area contributed by atoms with Gasteiger partial charge in [0.25, 0.3) is 0 Å². The SMILES string of the molecule is C[C@H](N)C(=O)N[C@@H](Cc1cc(N)ccc1O)C(=O)N[C@@H](CCCN=C(N)N)C(=O)O. The number of guanidine groups is 1. The lowest BCUT2D eigenvalue weighted by Crippen LogP contribution is -2.54. The van der Waals surface area contributed by atoms with Crippen molar-refractivity contribution in [1.29, 1.82) is 0 Å². The highest BCUT2D eigenvalue weighted by Crippen LogP contribution is 2.21. The summed E-state index contributed by atoms with van der Waals surface area (Å²) >= 11 is 0. The van der Waals surface area contributed by atoms with E-state index in [1.165, 1.54) is 25.1 Å². The van der Waals surface area contributed by atoms with Crippen molar-refractivity contribution in [2.45, 2.75) is 44.3 Å². The summed E-state index contributed by atoms with van der Waals surface area (Å²) in [5.74, 6) is -2.86. The van der Waals surface area contributed by atoms with Crippen molar-refractivity contribution in [1.82, 2.24) is 10.6 Å². The number of aliphatic imine (C=N–C) groups is 1. The van der Waals surface area contributed by atoms with Gasteiger partial charge in [-0.2, -0.15) is 0 Å². The van der Waals surface area contributed by atoms with Gasteiger partial charge in [0, 0.05) is 18.7 Å². The molecule has 0 saturated carbocycles. The molecule has 12 heteroatoms. The number of phenolic OH excluding ortho intramolecular Hbond substituents is 1.